The fraction of sp³-hybridized carbons (Fsp3) is 0.273. The van der Waals surface area contributed by atoms with Crippen molar-refractivity contribution in [2.24, 2.45) is 5.10 Å². The summed E-state index contributed by atoms with van der Waals surface area (Å²) in [6.45, 7) is 3.64. The van der Waals surface area contributed by atoms with Gasteiger partial charge in [-0.15, -0.1) is 0 Å². The van der Waals surface area contributed by atoms with E-state index in [1.54, 1.807) is 18.2 Å². The lowest BCUT2D eigenvalue weighted by atomic mass is 10.1. The van der Waals surface area contributed by atoms with Crippen molar-refractivity contribution >= 4 is 45.6 Å². The van der Waals surface area contributed by atoms with E-state index in [1.807, 2.05) is 26.0 Å². The second-order valence-electron chi connectivity index (χ2n) is 6.72. The molecule has 2 amide bonds. The number of ether oxygens (including phenoxy) is 3. The first-order valence-corrected chi connectivity index (χ1v) is 10.3. The number of carbonyl (C=O) groups is 3. The van der Waals surface area contributed by atoms with Gasteiger partial charge in [-0.2, -0.15) is 5.10 Å². The molecule has 0 aliphatic carbocycles. The number of methoxy groups -OCH3 is 2. The zero-order chi connectivity index (χ0) is 23.7. The highest BCUT2D eigenvalue weighted by molar-refractivity contribution is 9.10. The standard InChI is InChI=1S/C22H24BrN3O6/c1-13-5-6-16(7-14(13)2)25-19(27)10-20(28)26-24-11-15-8-17(23)22(18(9-15)30-3)32-12-21(29)31-4/h5-9,11H,10,12H2,1-4H3,(H,25,27)(H,26,28). The van der Waals surface area contributed by atoms with Gasteiger partial charge in [0.25, 0.3) is 0 Å². The summed E-state index contributed by atoms with van der Waals surface area (Å²) < 4.78 is 15.7. The molecule has 2 N–H and O–H groups in total. The highest BCUT2D eigenvalue weighted by Crippen LogP contribution is 2.36. The third-order valence-electron chi connectivity index (χ3n) is 4.33. The maximum absolute atomic E-state index is 12.1. The Balaban J connectivity index is 1.94. The van der Waals surface area contributed by atoms with Gasteiger partial charge in [0.2, 0.25) is 11.8 Å². The molecule has 2 aromatic rings. The Morgan fingerprint density at radius 3 is 2.47 bits per heavy atom. The van der Waals surface area contributed by atoms with Crippen molar-refractivity contribution in [3.8, 4) is 11.5 Å². The minimum Gasteiger partial charge on any atom is -0.493 e. The minimum atomic E-state index is -0.563. The summed E-state index contributed by atoms with van der Waals surface area (Å²) in [7, 11) is 2.71. The zero-order valence-electron chi connectivity index (χ0n) is 18.2. The molecule has 0 saturated heterocycles. The number of carbonyl (C=O) groups excluding carboxylic acids is 3. The maximum atomic E-state index is 12.1. The summed E-state index contributed by atoms with van der Waals surface area (Å²) in [5.41, 5.74) is 5.67. The van der Waals surface area contributed by atoms with Crippen LogP contribution in [0, 0.1) is 13.8 Å². The number of benzene rings is 2. The van der Waals surface area contributed by atoms with Gasteiger partial charge < -0.3 is 19.5 Å². The van der Waals surface area contributed by atoms with Crippen LogP contribution in [-0.2, 0) is 19.1 Å². The van der Waals surface area contributed by atoms with Crippen LogP contribution in [0.25, 0.3) is 0 Å². The molecular weight excluding hydrogens is 482 g/mol. The van der Waals surface area contributed by atoms with Crippen molar-refractivity contribution in [1.82, 2.24) is 5.43 Å². The third-order valence-corrected chi connectivity index (χ3v) is 4.92. The summed E-state index contributed by atoms with van der Waals surface area (Å²) in [6.07, 6.45) is 1.01. The van der Waals surface area contributed by atoms with E-state index in [2.05, 4.69) is 36.5 Å². The van der Waals surface area contributed by atoms with E-state index in [0.29, 0.717) is 27.2 Å². The molecule has 0 spiro atoms. The molecule has 0 unspecified atom stereocenters. The quantitative estimate of drug-likeness (QED) is 0.234. The molecule has 0 saturated carbocycles. The van der Waals surface area contributed by atoms with Crippen molar-refractivity contribution in [3.63, 3.8) is 0 Å². The van der Waals surface area contributed by atoms with Crippen molar-refractivity contribution in [2.75, 3.05) is 26.1 Å². The monoisotopic (exact) mass is 505 g/mol. The SMILES string of the molecule is COC(=O)COc1c(Br)cc(C=NNC(=O)CC(=O)Nc2ccc(C)c(C)c2)cc1OC. The van der Waals surface area contributed by atoms with E-state index in [-0.39, 0.29) is 13.0 Å². The Morgan fingerprint density at radius 2 is 1.81 bits per heavy atom. The lowest BCUT2D eigenvalue weighted by molar-refractivity contribution is -0.143. The van der Waals surface area contributed by atoms with Crippen molar-refractivity contribution in [3.05, 3.63) is 51.5 Å². The van der Waals surface area contributed by atoms with E-state index < -0.39 is 17.8 Å². The molecule has 0 radical (unpaired) electrons. The zero-order valence-corrected chi connectivity index (χ0v) is 19.7. The van der Waals surface area contributed by atoms with Crippen LogP contribution >= 0.6 is 15.9 Å². The topological polar surface area (TPSA) is 115 Å². The van der Waals surface area contributed by atoms with Crippen LogP contribution < -0.4 is 20.2 Å². The molecule has 2 rings (SSSR count). The van der Waals surface area contributed by atoms with Gasteiger partial charge in [0, 0.05) is 5.69 Å². The molecule has 32 heavy (non-hydrogen) atoms. The van der Waals surface area contributed by atoms with E-state index >= 15 is 0 Å². The number of nitrogens with zero attached hydrogens (tertiary/aromatic N) is 1. The van der Waals surface area contributed by atoms with E-state index in [0.717, 1.165) is 11.1 Å². The molecule has 0 aromatic heterocycles. The average Bonchev–Trinajstić information content (AvgIpc) is 2.74. The van der Waals surface area contributed by atoms with Crippen molar-refractivity contribution < 1.29 is 28.6 Å². The molecule has 0 heterocycles. The van der Waals surface area contributed by atoms with Gasteiger partial charge in [-0.3, -0.25) is 9.59 Å². The number of anilines is 1. The van der Waals surface area contributed by atoms with Crippen molar-refractivity contribution in [2.45, 2.75) is 20.3 Å². The Kier molecular flexibility index (Phi) is 9.21. The molecule has 2 aromatic carbocycles. The molecule has 0 fully saturated rings. The summed E-state index contributed by atoms with van der Waals surface area (Å²) in [6, 6.07) is 8.79. The van der Waals surface area contributed by atoms with Crippen LogP contribution in [0.1, 0.15) is 23.1 Å². The van der Waals surface area contributed by atoms with Gasteiger partial charge in [0.1, 0.15) is 6.42 Å². The van der Waals surface area contributed by atoms with Crippen LogP contribution in [0.2, 0.25) is 0 Å². The van der Waals surface area contributed by atoms with Crippen LogP contribution in [0.3, 0.4) is 0 Å². The Labute approximate surface area is 194 Å². The van der Waals surface area contributed by atoms with Gasteiger partial charge in [-0.05, 0) is 70.7 Å². The minimum absolute atomic E-state index is 0.279. The van der Waals surface area contributed by atoms with Crippen LogP contribution in [0.4, 0.5) is 5.69 Å². The third kappa shape index (κ3) is 7.38. The number of amides is 2. The Morgan fingerprint density at radius 1 is 1.06 bits per heavy atom. The number of esters is 1. The Bertz CT molecular complexity index is 1040. The lowest BCUT2D eigenvalue weighted by Crippen LogP contribution is -2.24. The van der Waals surface area contributed by atoms with Gasteiger partial charge in [-0.1, -0.05) is 6.07 Å². The first-order valence-electron chi connectivity index (χ1n) is 9.49. The van der Waals surface area contributed by atoms with Crippen LogP contribution in [0.5, 0.6) is 11.5 Å². The number of aryl methyl sites for hydroxylation is 2. The van der Waals surface area contributed by atoms with Crippen LogP contribution in [0.15, 0.2) is 39.9 Å². The first kappa shape index (κ1) is 24.9. The number of rotatable bonds is 9. The number of hydrogen-bond donors (Lipinski definition) is 2. The average molecular weight is 506 g/mol. The van der Waals surface area contributed by atoms with Gasteiger partial charge in [0.05, 0.1) is 24.9 Å². The molecule has 9 nitrogen and oxygen atoms in total. The first-order chi connectivity index (χ1) is 15.2. The molecule has 0 aliphatic heterocycles. The molecular formula is C22H24BrN3O6. The fourth-order valence-electron chi connectivity index (χ4n) is 2.53. The molecule has 170 valence electrons. The van der Waals surface area contributed by atoms with Gasteiger partial charge in [0.15, 0.2) is 18.1 Å². The maximum Gasteiger partial charge on any atom is 0.343 e. The number of hydrogen-bond acceptors (Lipinski definition) is 7. The smallest absolute Gasteiger partial charge is 0.343 e. The number of hydrazone groups is 1. The second-order valence-corrected chi connectivity index (χ2v) is 7.57. The summed E-state index contributed by atoms with van der Waals surface area (Å²) in [4.78, 5) is 35.3. The van der Waals surface area contributed by atoms with Crippen LogP contribution in [-0.4, -0.2) is 44.8 Å². The Hall–Kier alpha value is -3.40. The van der Waals surface area contributed by atoms with E-state index in [9.17, 15) is 14.4 Å². The predicted octanol–water partition coefficient (Wildman–Crippen LogP) is 3.11. The summed E-state index contributed by atoms with van der Waals surface area (Å²) >= 11 is 3.35. The lowest BCUT2D eigenvalue weighted by Gasteiger charge is -2.12. The van der Waals surface area contributed by atoms with Gasteiger partial charge >= 0.3 is 5.97 Å². The largest absolute Gasteiger partial charge is 0.493 e. The molecule has 0 aliphatic rings. The van der Waals surface area contributed by atoms with E-state index in [4.69, 9.17) is 9.47 Å². The number of halogens is 1. The van der Waals surface area contributed by atoms with E-state index in [1.165, 1.54) is 20.4 Å². The fourth-order valence-corrected chi connectivity index (χ4v) is 3.11. The molecule has 0 atom stereocenters. The normalized spacial score (nSPS) is 10.5. The molecule has 10 heteroatoms. The van der Waals surface area contributed by atoms with Crippen molar-refractivity contribution in [1.29, 1.82) is 0 Å². The second kappa shape index (κ2) is 11.8. The van der Waals surface area contributed by atoms with Gasteiger partial charge in [-0.25, -0.2) is 10.2 Å². The summed E-state index contributed by atoms with van der Waals surface area (Å²) in [5.74, 6) is -0.871. The molecule has 0 bridgehead atoms. The summed E-state index contributed by atoms with van der Waals surface area (Å²) in [5, 5.41) is 6.55. The predicted molar refractivity (Wildman–Crippen MR) is 123 cm³/mol. The highest BCUT2D eigenvalue weighted by Gasteiger charge is 2.14. The number of nitrogens with one attached hydrogen (secondary N) is 2. The highest BCUT2D eigenvalue weighted by atomic mass is 79.9.